The summed E-state index contributed by atoms with van der Waals surface area (Å²) in [5.41, 5.74) is 0.944. The van der Waals surface area contributed by atoms with Gasteiger partial charge in [-0.15, -0.1) is 0 Å². The predicted molar refractivity (Wildman–Crippen MR) is 72.1 cm³/mol. The van der Waals surface area contributed by atoms with E-state index >= 15 is 0 Å². The van der Waals surface area contributed by atoms with Crippen molar-refractivity contribution in [3.05, 3.63) is 29.8 Å². The van der Waals surface area contributed by atoms with Gasteiger partial charge in [-0.3, -0.25) is 9.69 Å². The second kappa shape index (κ2) is 7.15. The maximum atomic E-state index is 11.9. The summed E-state index contributed by atoms with van der Waals surface area (Å²) in [4.78, 5) is 13.7. The maximum absolute atomic E-state index is 11.9. The number of anilines is 1. The summed E-state index contributed by atoms with van der Waals surface area (Å²) in [7, 11) is 1.79. The Morgan fingerprint density at radius 2 is 2.11 bits per heavy atom. The molecule has 98 valence electrons. The highest BCUT2D eigenvalue weighted by Gasteiger charge is 2.13. The molecule has 1 N–H and O–H groups in total. The SMILES string of the molecule is CC(CC#N)N(C)CC(=O)Nc1ccccc1C#N. The number of hydrogen-bond acceptors (Lipinski definition) is 4. The number of likely N-dealkylation sites (N-methyl/N-ethyl adjacent to an activating group) is 1. The number of benzene rings is 1. The second-order valence-electron chi connectivity index (χ2n) is 4.33. The molecule has 0 fully saturated rings. The highest BCUT2D eigenvalue weighted by atomic mass is 16.2. The Hall–Kier alpha value is -2.37. The molecule has 0 aromatic heterocycles. The number of hydrogen-bond donors (Lipinski definition) is 1. The zero-order valence-corrected chi connectivity index (χ0v) is 11.1. The first-order valence-electron chi connectivity index (χ1n) is 5.94. The van der Waals surface area contributed by atoms with Crippen LogP contribution in [-0.2, 0) is 4.79 Å². The molecule has 0 spiro atoms. The number of carbonyl (C=O) groups is 1. The van der Waals surface area contributed by atoms with Gasteiger partial charge in [0.1, 0.15) is 6.07 Å². The summed E-state index contributed by atoms with van der Waals surface area (Å²) in [6.07, 6.45) is 0.374. The molecular weight excluding hydrogens is 240 g/mol. The zero-order valence-electron chi connectivity index (χ0n) is 11.1. The van der Waals surface area contributed by atoms with Crippen molar-refractivity contribution in [2.45, 2.75) is 19.4 Å². The molecule has 0 saturated carbocycles. The first-order valence-corrected chi connectivity index (χ1v) is 5.94. The summed E-state index contributed by atoms with van der Waals surface area (Å²) in [5, 5.41) is 20.2. The van der Waals surface area contributed by atoms with Crippen LogP contribution in [0.4, 0.5) is 5.69 Å². The molecule has 1 unspecified atom stereocenters. The first kappa shape index (κ1) is 14.7. The van der Waals surface area contributed by atoms with Gasteiger partial charge >= 0.3 is 0 Å². The van der Waals surface area contributed by atoms with Crippen LogP contribution in [0.3, 0.4) is 0 Å². The Bertz CT molecular complexity index is 527. The molecule has 0 saturated heterocycles. The number of nitrogens with zero attached hydrogens (tertiary/aromatic N) is 3. The van der Waals surface area contributed by atoms with Gasteiger partial charge in [-0.1, -0.05) is 12.1 Å². The summed E-state index contributed by atoms with van der Waals surface area (Å²) in [6.45, 7) is 2.07. The Kier molecular flexibility index (Phi) is 5.53. The molecule has 1 rings (SSSR count). The first-order chi connectivity index (χ1) is 9.08. The highest BCUT2D eigenvalue weighted by molar-refractivity contribution is 5.93. The van der Waals surface area contributed by atoms with Crippen molar-refractivity contribution in [3.63, 3.8) is 0 Å². The van der Waals surface area contributed by atoms with Gasteiger partial charge in [0.05, 0.1) is 30.3 Å². The van der Waals surface area contributed by atoms with Crippen LogP contribution in [0.2, 0.25) is 0 Å². The van der Waals surface area contributed by atoms with E-state index in [-0.39, 0.29) is 18.5 Å². The summed E-state index contributed by atoms with van der Waals surface area (Å²) in [5.74, 6) is -0.199. The van der Waals surface area contributed by atoms with E-state index in [0.717, 1.165) is 0 Å². The molecule has 1 amide bonds. The van der Waals surface area contributed by atoms with E-state index in [0.29, 0.717) is 17.7 Å². The van der Waals surface area contributed by atoms with E-state index in [1.54, 1.807) is 36.2 Å². The van der Waals surface area contributed by atoms with Gasteiger partial charge in [0.2, 0.25) is 5.91 Å². The van der Waals surface area contributed by atoms with Crippen LogP contribution in [0.25, 0.3) is 0 Å². The van der Waals surface area contributed by atoms with Crippen molar-refractivity contribution >= 4 is 11.6 Å². The second-order valence-corrected chi connectivity index (χ2v) is 4.33. The van der Waals surface area contributed by atoms with Gasteiger partial charge in [-0.2, -0.15) is 10.5 Å². The lowest BCUT2D eigenvalue weighted by Crippen LogP contribution is -2.36. The van der Waals surface area contributed by atoms with Crippen LogP contribution in [0, 0.1) is 22.7 Å². The molecule has 19 heavy (non-hydrogen) atoms. The van der Waals surface area contributed by atoms with Crippen LogP contribution in [0.5, 0.6) is 0 Å². The standard InChI is InChI=1S/C14H16N4O/c1-11(7-8-15)18(2)10-14(19)17-13-6-4-3-5-12(13)9-16/h3-6,11H,7,10H2,1-2H3,(H,17,19). The van der Waals surface area contributed by atoms with Crippen molar-refractivity contribution in [2.24, 2.45) is 0 Å². The largest absolute Gasteiger partial charge is 0.324 e. The van der Waals surface area contributed by atoms with Gasteiger partial charge in [0.15, 0.2) is 0 Å². The fourth-order valence-electron chi connectivity index (χ4n) is 1.55. The van der Waals surface area contributed by atoms with Crippen molar-refractivity contribution < 1.29 is 4.79 Å². The predicted octanol–water partition coefficient (Wildman–Crippen LogP) is 1.73. The van der Waals surface area contributed by atoms with Crippen molar-refractivity contribution in [2.75, 3.05) is 18.9 Å². The fraction of sp³-hybridized carbons (Fsp3) is 0.357. The molecule has 1 aromatic rings. The highest BCUT2D eigenvalue weighted by Crippen LogP contribution is 2.13. The number of rotatable bonds is 5. The minimum atomic E-state index is -0.199. The lowest BCUT2D eigenvalue weighted by atomic mass is 10.2. The molecule has 5 heteroatoms. The smallest absolute Gasteiger partial charge is 0.238 e. The van der Waals surface area contributed by atoms with Gasteiger partial charge in [-0.25, -0.2) is 0 Å². The molecule has 5 nitrogen and oxygen atoms in total. The van der Waals surface area contributed by atoms with Crippen LogP contribution in [0.15, 0.2) is 24.3 Å². The van der Waals surface area contributed by atoms with Crippen LogP contribution >= 0.6 is 0 Å². The lowest BCUT2D eigenvalue weighted by molar-refractivity contribution is -0.117. The van der Waals surface area contributed by atoms with Gasteiger partial charge in [-0.05, 0) is 26.1 Å². The quantitative estimate of drug-likeness (QED) is 0.870. The van der Waals surface area contributed by atoms with Crippen LogP contribution in [0.1, 0.15) is 18.9 Å². The molecular formula is C14H16N4O. The molecule has 0 bridgehead atoms. The Labute approximate surface area is 113 Å². The Morgan fingerprint density at radius 1 is 1.42 bits per heavy atom. The molecule has 1 aromatic carbocycles. The van der Waals surface area contributed by atoms with Gasteiger partial charge in [0, 0.05) is 6.04 Å². The van der Waals surface area contributed by atoms with Crippen molar-refractivity contribution in [1.82, 2.24) is 4.90 Å². The van der Waals surface area contributed by atoms with E-state index in [1.165, 1.54) is 0 Å². The molecule has 1 atom stereocenters. The van der Waals surface area contributed by atoms with E-state index in [2.05, 4.69) is 11.4 Å². The Morgan fingerprint density at radius 3 is 2.74 bits per heavy atom. The molecule has 0 aliphatic carbocycles. The monoisotopic (exact) mass is 256 g/mol. The van der Waals surface area contributed by atoms with Crippen molar-refractivity contribution in [1.29, 1.82) is 10.5 Å². The third-order valence-electron chi connectivity index (χ3n) is 2.85. The number of nitrogens with one attached hydrogen (secondary N) is 1. The van der Waals surface area contributed by atoms with Crippen molar-refractivity contribution in [3.8, 4) is 12.1 Å². The average molecular weight is 256 g/mol. The number of para-hydroxylation sites is 1. The average Bonchev–Trinajstić information content (AvgIpc) is 2.39. The molecule has 0 aliphatic heterocycles. The van der Waals surface area contributed by atoms with E-state index in [4.69, 9.17) is 10.5 Å². The topological polar surface area (TPSA) is 79.9 Å². The van der Waals surface area contributed by atoms with Crippen LogP contribution < -0.4 is 5.32 Å². The minimum absolute atomic E-state index is 0.0157. The molecule has 0 heterocycles. The van der Waals surface area contributed by atoms with Gasteiger partial charge < -0.3 is 5.32 Å². The summed E-state index contributed by atoms with van der Waals surface area (Å²) < 4.78 is 0. The van der Waals surface area contributed by atoms with E-state index in [9.17, 15) is 4.79 Å². The molecule has 0 aliphatic rings. The number of nitriles is 2. The third kappa shape index (κ3) is 4.42. The van der Waals surface area contributed by atoms with E-state index < -0.39 is 0 Å². The number of amides is 1. The zero-order chi connectivity index (χ0) is 14.3. The van der Waals surface area contributed by atoms with Gasteiger partial charge in [0.25, 0.3) is 0 Å². The Balaban J connectivity index is 2.61. The maximum Gasteiger partial charge on any atom is 0.238 e. The fourth-order valence-corrected chi connectivity index (χ4v) is 1.55. The van der Waals surface area contributed by atoms with E-state index in [1.807, 2.05) is 13.0 Å². The third-order valence-corrected chi connectivity index (χ3v) is 2.85. The summed E-state index contributed by atoms with van der Waals surface area (Å²) in [6, 6.07) is 11.0. The summed E-state index contributed by atoms with van der Waals surface area (Å²) >= 11 is 0. The molecule has 0 radical (unpaired) electrons. The lowest BCUT2D eigenvalue weighted by Gasteiger charge is -2.21. The number of carbonyl (C=O) groups excluding carboxylic acids is 1. The minimum Gasteiger partial charge on any atom is -0.324 e. The van der Waals surface area contributed by atoms with Crippen LogP contribution in [-0.4, -0.2) is 30.4 Å². The normalized spacial score (nSPS) is 11.4.